The van der Waals surface area contributed by atoms with Gasteiger partial charge in [0.05, 0.1) is 0 Å². The first-order chi connectivity index (χ1) is 17.5. The van der Waals surface area contributed by atoms with Crippen molar-refractivity contribution >= 4 is 51.9 Å². The Morgan fingerprint density at radius 2 is 0.917 bits per heavy atom. The fraction of sp³-hybridized carbons (Fsp3) is 0.118. The Morgan fingerprint density at radius 1 is 0.472 bits per heavy atom. The molecular formula is C34H31BSi. The van der Waals surface area contributed by atoms with Crippen LogP contribution in [0.15, 0.2) is 115 Å². The van der Waals surface area contributed by atoms with Crippen LogP contribution in [0.2, 0.25) is 0 Å². The standard InChI is InChI=1S/C34H31BSi/c1-24-18-20-32-30(22-24)35(34-26(3)12-11-13-27(34)4)31-23-25(2)19-21-33(31)36(32,28-14-7-5-8-15-28)29-16-9-6-10-17-29/h5-23H,1-4H3. The van der Waals surface area contributed by atoms with Gasteiger partial charge >= 0.3 is 0 Å². The number of hydrogen-bond acceptors (Lipinski definition) is 0. The van der Waals surface area contributed by atoms with E-state index in [0.29, 0.717) is 0 Å². The number of aryl methyl sites for hydroxylation is 4. The molecule has 0 nitrogen and oxygen atoms in total. The van der Waals surface area contributed by atoms with E-state index in [1.807, 2.05) is 0 Å². The van der Waals surface area contributed by atoms with Crippen molar-refractivity contribution in [2.75, 3.05) is 0 Å². The summed E-state index contributed by atoms with van der Waals surface area (Å²) in [6.07, 6.45) is 0. The van der Waals surface area contributed by atoms with E-state index in [0.717, 1.165) is 0 Å². The minimum Gasteiger partial charge on any atom is -0.0680 e. The Morgan fingerprint density at radius 3 is 1.36 bits per heavy atom. The molecule has 36 heavy (non-hydrogen) atoms. The van der Waals surface area contributed by atoms with E-state index in [-0.39, 0.29) is 6.71 Å². The van der Waals surface area contributed by atoms with Gasteiger partial charge in [0.15, 0.2) is 8.07 Å². The molecule has 0 saturated carbocycles. The van der Waals surface area contributed by atoms with Crippen LogP contribution in [0, 0.1) is 27.7 Å². The summed E-state index contributed by atoms with van der Waals surface area (Å²) in [5.74, 6) is 0. The highest BCUT2D eigenvalue weighted by Gasteiger charge is 2.50. The van der Waals surface area contributed by atoms with Gasteiger partial charge in [0.2, 0.25) is 6.71 Å². The van der Waals surface area contributed by atoms with Crippen LogP contribution in [0.5, 0.6) is 0 Å². The van der Waals surface area contributed by atoms with Gasteiger partial charge in [-0.05, 0) is 48.4 Å². The van der Waals surface area contributed by atoms with Crippen molar-refractivity contribution in [2.45, 2.75) is 27.7 Å². The van der Waals surface area contributed by atoms with Crippen molar-refractivity contribution in [3.8, 4) is 0 Å². The van der Waals surface area contributed by atoms with Crippen molar-refractivity contribution in [3.05, 3.63) is 138 Å². The Balaban J connectivity index is 1.83. The molecule has 2 heteroatoms. The highest BCUT2D eigenvalue weighted by molar-refractivity contribution is 7.26. The molecule has 1 heterocycles. The Hall–Kier alpha value is -3.62. The SMILES string of the molecule is Cc1ccc2c(c1)B(c1c(C)cccc1C)c1cc(C)ccc1[Si]2(c1ccccc1)c1ccccc1. The van der Waals surface area contributed by atoms with Crippen molar-refractivity contribution in [1.29, 1.82) is 0 Å². The summed E-state index contributed by atoms with van der Waals surface area (Å²) < 4.78 is 0. The molecule has 0 spiro atoms. The van der Waals surface area contributed by atoms with Gasteiger partial charge in [-0.3, -0.25) is 0 Å². The van der Waals surface area contributed by atoms with Crippen LogP contribution in [0.25, 0.3) is 0 Å². The summed E-state index contributed by atoms with van der Waals surface area (Å²) in [4.78, 5) is 0. The van der Waals surface area contributed by atoms with Crippen LogP contribution >= 0.6 is 0 Å². The molecule has 0 aliphatic carbocycles. The molecule has 0 fully saturated rings. The first-order valence-corrected chi connectivity index (χ1v) is 14.9. The summed E-state index contributed by atoms with van der Waals surface area (Å²) in [7, 11) is -2.53. The molecule has 6 rings (SSSR count). The second-order valence-corrected chi connectivity index (χ2v) is 14.1. The second kappa shape index (κ2) is 8.80. The van der Waals surface area contributed by atoms with Gasteiger partial charge < -0.3 is 0 Å². The van der Waals surface area contributed by atoms with Gasteiger partial charge in [0.1, 0.15) is 0 Å². The van der Waals surface area contributed by atoms with Crippen molar-refractivity contribution in [1.82, 2.24) is 0 Å². The first-order valence-electron chi connectivity index (χ1n) is 12.9. The second-order valence-electron chi connectivity index (χ2n) is 10.4. The third-order valence-corrected chi connectivity index (χ3v) is 13.0. The van der Waals surface area contributed by atoms with Gasteiger partial charge in [-0.15, -0.1) is 0 Å². The summed E-state index contributed by atoms with van der Waals surface area (Å²) in [5.41, 5.74) is 9.80. The maximum absolute atomic E-state index is 2.53. The van der Waals surface area contributed by atoms with Crippen LogP contribution in [0.4, 0.5) is 0 Å². The molecule has 1 aliphatic rings. The first kappa shape index (κ1) is 22.8. The normalized spacial score (nSPS) is 13.7. The van der Waals surface area contributed by atoms with Crippen molar-refractivity contribution in [2.24, 2.45) is 0 Å². The monoisotopic (exact) mass is 478 g/mol. The molecule has 0 radical (unpaired) electrons. The van der Waals surface area contributed by atoms with E-state index in [9.17, 15) is 0 Å². The molecule has 0 saturated heterocycles. The molecule has 0 atom stereocenters. The Kier molecular flexibility index (Phi) is 5.58. The average molecular weight is 479 g/mol. The number of fused-ring (bicyclic) bond motifs is 2. The fourth-order valence-electron chi connectivity index (χ4n) is 6.60. The zero-order valence-corrected chi connectivity index (χ0v) is 22.5. The minimum absolute atomic E-state index is 0.226. The predicted octanol–water partition coefficient (Wildman–Crippen LogP) is 3.13. The summed E-state index contributed by atoms with van der Waals surface area (Å²) >= 11 is 0. The van der Waals surface area contributed by atoms with Gasteiger partial charge in [-0.1, -0.05) is 154 Å². The third kappa shape index (κ3) is 3.36. The molecule has 0 aromatic heterocycles. The molecule has 0 amide bonds. The maximum atomic E-state index is 2.48. The van der Waals surface area contributed by atoms with E-state index in [2.05, 4.69) is 143 Å². The Bertz CT molecular complexity index is 1460. The average Bonchev–Trinajstić information content (AvgIpc) is 2.89. The predicted molar refractivity (Wildman–Crippen MR) is 160 cm³/mol. The van der Waals surface area contributed by atoms with E-state index in [1.165, 1.54) is 59.4 Å². The number of benzene rings is 5. The molecule has 1 aliphatic heterocycles. The number of hydrogen-bond donors (Lipinski definition) is 0. The van der Waals surface area contributed by atoms with Gasteiger partial charge in [0, 0.05) is 0 Å². The van der Waals surface area contributed by atoms with Crippen LogP contribution < -0.4 is 37.1 Å². The van der Waals surface area contributed by atoms with Gasteiger partial charge in [0.25, 0.3) is 0 Å². The Labute approximate surface area is 216 Å². The summed E-state index contributed by atoms with van der Waals surface area (Å²) in [6, 6.07) is 43.9. The van der Waals surface area contributed by atoms with Gasteiger partial charge in [-0.25, -0.2) is 0 Å². The highest BCUT2D eigenvalue weighted by Crippen LogP contribution is 2.15. The van der Waals surface area contributed by atoms with Crippen LogP contribution in [0.3, 0.4) is 0 Å². The quantitative estimate of drug-likeness (QED) is 0.343. The molecule has 0 bridgehead atoms. The molecule has 0 N–H and O–H groups in total. The minimum atomic E-state index is -2.53. The molecule has 174 valence electrons. The van der Waals surface area contributed by atoms with E-state index in [1.54, 1.807) is 0 Å². The van der Waals surface area contributed by atoms with Crippen LogP contribution in [-0.4, -0.2) is 14.8 Å². The van der Waals surface area contributed by atoms with E-state index in [4.69, 9.17) is 0 Å². The topological polar surface area (TPSA) is 0 Å². The molecule has 0 unspecified atom stereocenters. The largest absolute Gasteiger partial charge is 0.241 e. The zero-order valence-electron chi connectivity index (χ0n) is 21.5. The van der Waals surface area contributed by atoms with Crippen LogP contribution in [-0.2, 0) is 0 Å². The number of rotatable bonds is 3. The summed E-state index contributed by atoms with van der Waals surface area (Å²) in [5, 5.41) is 5.95. The van der Waals surface area contributed by atoms with E-state index < -0.39 is 8.07 Å². The van der Waals surface area contributed by atoms with Crippen LogP contribution in [0.1, 0.15) is 22.3 Å². The summed E-state index contributed by atoms with van der Waals surface area (Å²) in [6.45, 7) is 9.26. The van der Waals surface area contributed by atoms with Crippen molar-refractivity contribution in [3.63, 3.8) is 0 Å². The lowest BCUT2D eigenvalue weighted by Gasteiger charge is -2.43. The molecule has 5 aromatic carbocycles. The third-order valence-electron chi connectivity index (χ3n) is 8.09. The molecular weight excluding hydrogens is 447 g/mol. The van der Waals surface area contributed by atoms with Crippen molar-refractivity contribution < 1.29 is 0 Å². The lowest BCUT2D eigenvalue weighted by molar-refractivity contribution is 1.42. The lowest BCUT2D eigenvalue weighted by Crippen LogP contribution is -2.86. The van der Waals surface area contributed by atoms with E-state index >= 15 is 0 Å². The smallest absolute Gasteiger partial charge is 0.0680 e. The van der Waals surface area contributed by atoms with Gasteiger partial charge in [-0.2, -0.15) is 0 Å². The molecule has 5 aromatic rings. The lowest BCUT2D eigenvalue weighted by atomic mass is 9.35. The highest BCUT2D eigenvalue weighted by atomic mass is 28.3. The zero-order chi connectivity index (χ0) is 24.9. The maximum Gasteiger partial charge on any atom is 0.241 e. The fourth-order valence-corrected chi connectivity index (χ4v) is 11.8.